The zero-order valence-corrected chi connectivity index (χ0v) is 14.4. The highest BCUT2D eigenvalue weighted by Gasteiger charge is 2.03. The monoisotopic (exact) mass is 327 g/mol. The van der Waals surface area contributed by atoms with Gasteiger partial charge in [-0.15, -0.1) is 0 Å². The number of azo groups is 1. The zero-order valence-electron chi connectivity index (χ0n) is 14.4. The predicted octanol–water partition coefficient (Wildman–Crippen LogP) is 4.71. The summed E-state index contributed by atoms with van der Waals surface area (Å²) in [5.41, 5.74) is 2.66. The highest BCUT2D eigenvalue weighted by molar-refractivity contribution is 5.53. The molecule has 0 bridgehead atoms. The van der Waals surface area contributed by atoms with Gasteiger partial charge in [-0.05, 0) is 61.9 Å². The van der Waals surface area contributed by atoms with Gasteiger partial charge >= 0.3 is 0 Å². The highest BCUT2D eigenvalue weighted by atomic mass is 16.5. The Morgan fingerprint density at radius 3 is 2.00 bits per heavy atom. The summed E-state index contributed by atoms with van der Waals surface area (Å²) in [5.74, 6) is 0.851. The second-order valence-electron chi connectivity index (χ2n) is 5.36. The second-order valence-corrected chi connectivity index (χ2v) is 5.36. The fourth-order valence-corrected chi connectivity index (χ4v) is 2.27. The van der Waals surface area contributed by atoms with Gasteiger partial charge in [-0.25, -0.2) is 0 Å². The van der Waals surface area contributed by atoms with Crippen LogP contribution in [-0.2, 0) is 0 Å². The Morgan fingerprint density at radius 2 is 1.50 bits per heavy atom. The Balaban J connectivity index is 1.98. The summed E-state index contributed by atoms with van der Waals surface area (Å²) in [5, 5.41) is 17.6. The number of hydrogen-bond donors (Lipinski definition) is 1. The topological polar surface area (TPSA) is 57.4 Å². The smallest absolute Gasteiger partial charge is 0.119 e. The summed E-state index contributed by atoms with van der Waals surface area (Å²) in [7, 11) is 0. The molecule has 24 heavy (non-hydrogen) atoms. The standard InChI is InChI=1S/C19H25N3O2/c1-3-15-24-19-11-7-17(8-12-19)21-20-16-5-9-18(10-6-16)22(4-2)13-14-23/h5-12,23H,3-4,13-15H2,1-2H3. The van der Waals surface area contributed by atoms with E-state index in [4.69, 9.17) is 9.84 Å². The van der Waals surface area contributed by atoms with Gasteiger partial charge in [0.25, 0.3) is 0 Å². The van der Waals surface area contributed by atoms with Crippen LogP contribution in [0.4, 0.5) is 17.1 Å². The first-order chi connectivity index (χ1) is 11.8. The predicted molar refractivity (Wildman–Crippen MR) is 97.8 cm³/mol. The molecule has 128 valence electrons. The third-order valence-corrected chi connectivity index (χ3v) is 3.56. The second kappa shape index (κ2) is 9.67. The van der Waals surface area contributed by atoms with Crippen molar-refractivity contribution in [3.8, 4) is 5.75 Å². The number of hydrogen-bond acceptors (Lipinski definition) is 5. The van der Waals surface area contributed by atoms with Crippen LogP contribution < -0.4 is 9.64 Å². The molecule has 0 amide bonds. The van der Waals surface area contributed by atoms with E-state index < -0.39 is 0 Å². The summed E-state index contributed by atoms with van der Waals surface area (Å²) >= 11 is 0. The van der Waals surface area contributed by atoms with Crippen LogP contribution in [0, 0.1) is 0 Å². The van der Waals surface area contributed by atoms with E-state index in [1.165, 1.54) is 0 Å². The molecule has 0 saturated carbocycles. The van der Waals surface area contributed by atoms with Gasteiger partial charge in [0.15, 0.2) is 0 Å². The summed E-state index contributed by atoms with van der Waals surface area (Å²) in [4.78, 5) is 2.11. The minimum absolute atomic E-state index is 0.146. The van der Waals surface area contributed by atoms with Gasteiger partial charge in [0.05, 0.1) is 24.6 Å². The molecule has 0 radical (unpaired) electrons. The van der Waals surface area contributed by atoms with Gasteiger partial charge in [-0.1, -0.05) is 6.92 Å². The van der Waals surface area contributed by atoms with Gasteiger partial charge in [0, 0.05) is 18.8 Å². The van der Waals surface area contributed by atoms with E-state index in [9.17, 15) is 0 Å². The number of aliphatic hydroxyl groups is 1. The average Bonchev–Trinajstić information content (AvgIpc) is 2.64. The minimum atomic E-state index is 0.146. The first-order valence-electron chi connectivity index (χ1n) is 8.37. The lowest BCUT2D eigenvalue weighted by atomic mass is 10.2. The third-order valence-electron chi connectivity index (χ3n) is 3.56. The molecular formula is C19H25N3O2. The molecule has 0 aliphatic carbocycles. The number of anilines is 1. The maximum Gasteiger partial charge on any atom is 0.119 e. The molecule has 0 unspecified atom stereocenters. The molecule has 5 nitrogen and oxygen atoms in total. The highest BCUT2D eigenvalue weighted by Crippen LogP contribution is 2.23. The first-order valence-corrected chi connectivity index (χ1v) is 8.37. The van der Waals surface area contributed by atoms with Crippen molar-refractivity contribution in [2.45, 2.75) is 20.3 Å². The van der Waals surface area contributed by atoms with Crippen molar-refractivity contribution in [3.05, 3.63) is 48.5 Å². The molecule has 0 fully saturated rings. The van der Waals surface area contributed by atoms with Gasteiger partial charge in [-0.2, -0.15) is 10.2 Å². The van der Waals surface area contributed by atoms with Gasteiger partial charge in [0.2, 0.25) is 0 Å². The van der Waals surface area contributed by atoms with E-state index in [1.54, 1.807) is 0 Å². The third kappa shape index (κ3) is 5.35. The SMILES string of the molecule is CCCOc1ccc(N=Nc2ccc(N(CC)CCO)cc2)cc1. The Morgan fingerprint density at radius 1 is 0.917 bits per heavy atom. The largest absolute Gasteiger partial charge is 0.494 e. The normalized spacial score (nSPS) is 11.0. The Kier molecular flexibility index (Phi) is 7.23. The van der Waals surface area contributed by atoms with Crippen LogP contribution >= 0.6 is 0 Å². The number of benzene rings is 2. The van der Waals surface area contributed by atoms with Crippen LogP contribution in [0.5, 0.6) is 5.75 Å². The Hall–Kier alpha value is -2.40. The number of rotatable bonds is 9. The number of aliphatic hydroxyl groups excluding tert-OH is 1. The Labute approximate surface area is 143 Å². The average molecular weight is 327 g/mol. The van der Waals surface area contributed by atoms with Crippen molar-refractivity contribution in [3.63, 3.8) is 0 Å². The lowest BCUT2D eigenvalue weighted by Gasteiger charge is -2.21. The molecule has 2 aromatic carbocycles. The van der Waals surface area contributed by atoms with Crippen molar-refractivity contribution in [2.75, 3.05) is 31.2 Å². The van der Waals surface area contributed by atoms with Crippen molar-refractivity contribution in [1.82, 2.24) is 0 Å². The molecule has 1 N–H and O–H groups in total. The number of nitrogens with zero attached hydrogens (tertiary/aromatic N) is 3. The van der Waals surface area contributed by atoms with Crippen LogP contribution in [0.2, 0.25) is 0 Å². The first kappa shape index (κ1) is 17.9. The fraction of sp³-hybridized carbons (Fsp3) is 0.368. The van der Waals surface area contributed by atoms with Gasteiger partial charge < -0.3 is 14.7 Å². The lowest BCUT2D eigenvalue weighted by Crippen LogP contribution is -2.25. The van der Waals surface area contributed by atoms with Crippen LogP contribution in [-0.4, -0.2) is 31.4 Å². The van der Waals surface area contributed by atoms with Crippen LogP contribution in [0.3, 0.4) is 0 Å². The van der Waals surface area contributed by atoms with Crippen LogP contribution in [0.25, 0.3) is 0 Å². The summed E-state index contributed by atoms with van der Waals surface area (Å²) in [6.07, 6.45) is 0.991. The summed E-state index contributed by atoms with van der Waals surface area (Å²) in [6.45, 7) is 6.50. The molecule has 0 atom stereocenters. The maximum atomic E-state index is 9.08. The number of ether oxygens (including phenoxy) is 1. The molecule has 0 aromatic heterocycles. The van der Waals surface area contributed by atoms with E-state index in [-0.39, 0.29) is 6.61 Å². The molecule has 5 heteroatoms. The molecule has 2 aromatic rings. The molecular weight excluding hydrogens is 302 g/mol. The minimum Gasteiger partial charge on any atom is -0.494 e. The van der Waals surface area contributed by atoms with Crippen molar-refractivity contribution in [2.24, 2.45) is 10.2 Å². The molecule has 0 saturated heterocycles. The molecule has 0 heterocycles. The van der Waals surface area contributed by atoms with E-state index in [0.29, 0.717) is 6.54 Å². The zero-order chi connectivity index (χ0) is 17.2. The Bertz CT molecular complexity index is 624. The summed E-state index contributed by atoms with van der Waals surface area (Å²) in [6, 6.07) is 15.4. The maximum absolute atomic E-state index is 9.08. The molecule has 2 rings (SSSR count). The van der Waals surface area contributed by atoms with Crippen LogP contribution in [0.1, 0.15) is 20.3 Å². The fourth-order valence-electron chi connectivity index (χ4n) is 2.27. The van der Waals surface area contributed by atoms with E-state index >= 15 is 0 Å². The van der Waals surface area contributed by atoms with E-state index in [2.05, 4.69) is 29.0 Å². The lowest BCUT2D eigenvalue weighted by molar-refractivity contribution is 0.302. The van der Waals surface area contributed by atoms with E-state index in [1.807, 2.05) is 48.5 Å². The number of likely N-dealkylation sites (N-methyl/N-ethyl adjacent to an activating group) is 1. The van der Waals surface area contributed by atoms with Crippen LogP contribution in [0.15, 0.2) is 58.8 Å². The molecule has 0 aliphatic rings. The van der Waals surface area contributed by atoms with E-state index in [0.717, 1.165) is 42.4 Å². The van der Waals surface area contributed by atoms with Crippen molar-refractivity contribution in [1.29, 1.82) is 0 Å². The van der Waals surface area contributed by atoms with Gasteiger partial charge in [0.1, 0.15) is 5.75 Å². The van der Waals surface area contributed by atoms with Gasteiger partial charge in [-0.3, -0.25) is 0 Å². The quantitative estimate of drug-likeness (QED) is 0.679. The van der Waals surface area contributed by atoms with Crippen molar-refractivity contribution >= 4 is 17.1 Å². The molecule has 0 spiro atoms. The van der Waals surface area contributed by atoms with Crippen molar-refractivity contribution < 1.29 is 9.84 Å². The summed E-state index contributed by atoms with van der Waals surface area (Å²) < 4.78 is 5.54. The molecule has 0 aliphatic heterocycles.